The topological polar surface area (TPSA) is 65.1 Å². The quantitative estimate of drug-likeness (QED) is 0.790. The SMILES string of the molecule is O=C(O)[C@H](Cc1c[nH]c2ccccc12)NCC(F)(F)F. The molecule has 108 valence electrons. The Morgan fingerprint density at radius 3 is 2.70 bits per heavy atom. The highest BCUT2D eigenvalue weighted by atomic mass is 19.4. The molecule has 0 spiro atoms. The molecule has 3 N–H and O–H groups in total. The average Bonchev–Trinajstić information content (AvgIpc) is 2.76. The number of hydrogen-bond acceptors (Lipinski definition) is 2. The summed E-state index contributed by atoms with van der Waals surface area (Å²) in [5, 5.41) is 11.8. The molecule has 1 heterocycles. The first-order valence-electron chi connectivity index (χ1n) is 5.95. The Morgan fingerprint density at radius 1 is 1.35 bits per heavy atom. The fraction of sp³-hybridized carbons (Fsp3) is 0.308. The number of carbonyl (C=O) groups is 1. The molecule has 0 saturated heterocycles. The van der Waals surface area contributed by atoms with Gasteiger partial charge in [-0.3, -0.25) is 10.1 Å². The number of aromatic nitrogens is 1. The average molecular weight is 286 g/mol. The molecule has 2 aromatic rings. The number of hydrogen-bond donors (Lipinski definition) is 3. The lowest BCUT2D eigenvalue weighted by Crippen LogP contribution is -2.43. The highest BCUT2D eigenvalue weighted by Gasteiger charge is 2.30. The molecule has 0 fully saturated rings. The van der Waals surface area contributed by atoms with Crippen molar-refractivity contribution in [3.8, 4) is 0 Å². The Kier molecular flexibility index (Phi) is 3.99. The van der Waals surface area contributed by atoms with E-state index in [9.17, 15) is 18.0 Å². The van der Waals surface area contributed by atoms with Crippen LogP contribution in [0.1, 0.15) is 5.56 Å². The largest absolute Gasteiger partial charge is 0.480 e. The van der Waals surface area contributed by atoms with Gasteiger partial charge in [0.1, 0.15) is 6.04 Å². The maximum Gasteiger partial charge on any atom is 0.401 e. The first-order chi connectivity index (χ1) is 9.37. The number of halogens is 3. The monoisotopic (exact) mass is 286 g/mol. The Hall–Kier alpha value is -2.02. The molecule has 0 unspecified atom stereocenters. The fourth-order valence-corrected chi connectivity index (χ4v) is 2.01. The summed E-state index contributed by atoms with van der Waals surface area (Å²) in [6.07, 6.45) is -2.83. The van der Waals surface area contributed by atoms with Crippen molar-refractivity contribution in [1.29, 1.82) is 0 Å². The minimum absolute atomic E-state index is 0.0184. The van der Waals surface area contributed by atoms with Crippen LogP contribution in [0.15, 0.2) is 30.5 Å². The number of carboxylic acid groups (broad SMARTS) is 1. The van der Waals surface area contributed by atoms with Gasteiger partial charge >= 0.3 is 12.1 Å². The third kappa shape index (κ3) is 3.51. The smallest absolute Gasteiger partial charge is 0.401 e. The van der Waals surface area contributed by atoms with Crippen LogP contribution in [0.5, 0.6) is 0 Å². The summed E-state index contributed by atoms with van der Waals surface area (Å²) in [5.41, 5.74) is 1.49. The lowest BCUT2D eigenvalue weighted by molar-refractivity contribution is -0.143. The molecular formula is C13H13F3N2O2. The number of aromatic amines is 1. The first kappa shape index (κ1) is 14.4. The van der Waals surface area contributed by atoms with E-state index < -0.39 is 24.7 Å². The van der Waals surface area contributed by atoms with Crippen LogP contribution in [-0.2, 0) is 11.2 Å². The van der Waals surface area contributed by atoms with Gasteiger partial charge < -0.3 is 10.1 Å². The van der Waals surface area contributed by atoms with E-state index in [0.29, 0.717) is 5.56 Å². The Labute approximate surface area is 112 Å². The fourth-order valence-electron chi connectivity index (χ4n) is 2.01. The summed E-state index contributed by atoms with van der Waals surface area (Å²) in [5.74, 6) is -1.31. The van der Waals surface area contributed by atoms with Crippen LogP contribution >= 0.6 is 0 Å². The molecule has 0 aliphatic heterocycles. The second kappa shape index (κ2) is 5.54. The van der Waals surface area contributed by atoms with Gasteiger partial charge in [0.05, 0.1) is 6.54 Å². The molecular weight excluding hydrogens is 273 g/mol. The van der Waals surface area contributed by atoms with E-state index in [1.807, 2.05) is 17.4 Å². The molecule has 1 aromatic heterocycles. The molecule has 0 bridgehead atoms. The van der Waals surface area contributed by atoms with Crippen molar-refractivity contribution < 1.29 is 23.1 Å². The van der Waals surface area contributed by atoms with E-state index in [1.165, 1.54) is 0 Å². The lowest BCUT2D eigenvalue weighted by atomic mass is 10.1. The summed E-state index contributed by atoms with van der Waals surface area (Å²) in [6, 6.07) is 5.94. The summed E-state index contributed by atoms with van der Waals surface area (Å²) < 4.78 is 36.4. The molecule has 0 aliphatic carbocycles. The number of fused-ring (bicyclic) bond motifs is 1. The standard InChI is InChI=1S/C13H13F3N2O2/c14-13(15,16)7-18-11(12(19)20)5-8-6-17-10-4-2-1-3-9(8)10/h1-4,6,11,17-18H,5,7H2,(H,19,20)/t11-/m0/s1. The molecule has 0 aliphatic rings. The van der Waals surface area contributed by atoms with E-state index in [-0.39, 0.29) is 6.42 Å². The van der Waals surface area contributed by atoms with Gasteiger partial charge in [-0.25, -0.2) is 0 Å². The Morgan fingerprint density at radius 2 is 2.05 bits per heavy atom. The molecule has 0 saturated carbocycles. The molecule has 4 nitrogen and oxygen atoms in total. The van der Waals surface area contributed by atoms with Crippen LogP contribution in [0.2, 0.25) is 0 Å². The van der Waals surface area contributed by atoms with E-state index >= 15 is 0 Å². The third-order valence-corrected chi connectivity index (χ3v) is 2.95. The predicted molar refractivity (Wildman–Crippen MR) is 67.5 cm³/mol. The van der Waals surface area contributed by atoms with E-state index in [2.05, 4.69) is 4.98 Å². The number of benzene rings is 1. The van der Waals surface area contributed by atoms with Crippen LogP contribution in [0.4, 0.5) is 13.2 Å². The van der Waals surface area contributed by atoms with Gasteiger partial charge in [0.2, 0.25) is 0 Å². The van der Waals surface area contributed by atoms with Crippen LogP contribution in [-0.4, -0.2) is 34.8 Å². The van der Waals surface area contributed by atoms with Crippen LogP contribution in [0.3, 0.4) is 0 Å². The van der Waals surface area contributed by atoms with Gasteiger partial charge in [-0.1, -0.05) is 18.2 Å². The van der Waals surface area contributed by atoms with Crippen molar-refractivity contribution in [2.75, 3.05) is 6.54 Å². The summed E-state index contributed by atoms with van der Waals surface area (Å²) >= 11 is 0. The molecule has 1 aromatic carbocycles. The second-order valence-electron chi connectivity index (χ2n) is 4.45. The van der Waals surface area contributed by atoms with Crippen molar-refractivity contribution in [2.24, 2.45) is 0 Å². The summed E-state index contributed by atoms with van der Waals surface area (Å²) in [7, 11) is 0. The number of H-pyrrole nitrogens is 1. The van der Waals surface area contributed by atoms with Crippen LogP contribution in [0.25, 0.3) is 10.9 Å². The number of aliphatic carboxylic acids is 1. The summed E-state index contributed by atoms with van der Waals surface area (Å²) in [6.45, 7) is -1.33. The number of para-hydroxylation sites is 1. The molecule has 7 heteroatoms. The Balaban J connectivity index is 2.14. The number of alkyl halides is 3. The van der Waals surface area contributed by atoms with Crippen LogP contribution < -0.4 is 5.32 Å². The first-order valence-corrected chi connectivity index (χ1v) is 5.95. The zero-order chi connectivity index (χ0) is 14.8. The summed E-state index contributed by atoms with van der Waals surface area (Å²) in [4.78, 5) is 14.0. The molecule has 2 rings (SSSR count). The molecule has 0 amide bonds. The normalized spacial score (nSPS) is 13.6. The minimum Gasteiger partial charge on any atom is -0.480 e. The van der Waals surface area contributed by atoms with Gasteiger partial charge in [0.15, 0.2) is 0 Å². The Bertz CT molecular complexity index is 607. The third-order valence-electron chi connectivity index (χ3n) is 2.95. The predicted octanol–water partition coefficient (Wildman–Crippen LogP) is 2.32. The number of rotatable bonds is 5. The zero-order valence-corrected chi connectivity index (χ0v) is 10.4. The van der Waals surface area contributed by atoms with Gasteiger partial charge in [-0.05, 0) is 11.6 Å². The molecule has 20 heavy (non-hydrogen) atoms. The van der Waals surface area contributed by atoms with Crippen molar-refractivity contribution in [1.82, 2.24) is 10.3 Å². The van der Waals surface area contributed by atoms with Crippen molar-refractivity contribution in [3.05, 3.63) is 36.0 Å². The van der Waals surface area contributed by atoms with E-state index in [1.54, 1.807) is 18.3 Å². The lowest BCUT2D eigenvalue weighted by Gasteiger charge is -2.15. The van der Waals surface area contributed by atoms with Crippen molar-refractivity contribution >= 4 is 16.9 Å². The highest BCUT2D eigenvalue weighted by molar-refractivity contribution is 5.84. The molecule has 1 atom stereocenters. The van der Waals surface area contributed by atoms with Gasteiger partial charge in [0.25, 0.3) is 0 Å². The van der Waals surface area contributed by atoms with Gasteiger partial charge in [-0.15, -0.1) is 0 Å². The highest BCUT2D eigenvalue weighted by Crippen LogP contribution is 2.20. The number of carboxylic acids is 1. The van der Waals surface area contributed by atoms with Crippen molar-refractivity contribution in [3.63, 3.8) is 0 Å². The maximum absolute atomic E-state index is 12.1. The van der Waals surface area contributed by atoms with Gasteiger partial charge in [0, 0.05) is 23.5 Å². The molecule has 0 radical (unpaired) electrons. The second-order valence-corrected chi connectivity index (χ2v) is 4.45. The van der Waals surface area contributed by atoms with Crippen LogP contribution in [0, 0.1) is 0 Å². The maximum atomic E-state index is 12.1. The van der Waals surface area contributed by atoms with E-state index in [0.717, 1.165) is 10.9 Å². The van der Waals surface area contributed by atoms with Crippen molar-refractivity contribution in [2.45, 2.75) is 18.6 Å². The minimum atomic E-state index is -4.44. The van der Waals surface area contributed by atoms with Gasteiger partial charge in [-0.2, -0.15) is 13.2 Å². The number of nitrogens with one attached hydrogen (secondary N) is 2. The zero-order valence-electron chi connectivity index (χ0n) is 10.4. The van der Waals surface area contributed by atoms with E-state index in [4.69, 9.17) is 5.11 Å².